The van der Waals surface area contributed by atoms with E-state index in [1.807, 2.05) is 0 Å². The first kappa shape index (κ1) is 17.8. The van der Waals surface area contributed by atoms with E-state index in [2.05, 4.69) is 9.80 Å². The van der Waals surface area contributed by atoms with Gasteiger partial charge in [-0.2, -0.15) is 0 Å². The van der Waals surface area contributed by atoms with Gasteiger partial charge in [0.1, 0.15) is 0 Å². The van der Waals surface area contributed by atoms with Gasteiger partial charge in [0.25, 0.3) is 0 Å². The fourth-order valence-corrected chi connectivity index (χ4v) is 4.41. The van der Waals surface area contributed by atoms with Crippen LogP contribution in [0.5, 0.6) is 0 Å². The van der Waals surface area contributed by atoms with Crippen LogP contribution in [-0.4, -0.2) is 60.8 Å². The third-order valence-electron chi connectivity index (χ3n) is 5.44. The Balaban J connectivity index is 1.51. The normalized spacial score (nSPS) is 23.7. The average Bonchev–Trinajstić information content (AvgIpc) is 2.51. The number of piperidine rings is 2. The van der Waals surface area contributed by atoms with Gasteiger partial charge >= 0.3 is 0 Å². The van der Waals surface area contributed by atoms with E-state index in [4.69, 9.17) is 23.2 Å². The molecule has 0 aliphatic carbocycles. The van der Waals surface area contributed by atoms with Crippen molar-refractivity contribution in [1.82, 2.24) is 9.80 Å². The molecule has 0 unspecified atom stereocenters. The quantitative estimate of drug-likeness (QED) is 0.617. The molecule has 0 spiro atoms. The average molecular weight is 335 g/mol. The molecule has 2 fully saturated rings. The molecule has 21 heavy (non-hydrogen) atoms. The molecule has 124 valence electrons. The van der Waals surface area contributed by atoms with Crippen molar-refractivity contribution >= 4 is 23.2 Å². The minimum absolute atomic E-state index is 0.785. The minimum atomic E-state index is 0.785. The van der Waals surface area contributed by atoms with Gasteiger partial charge in [-0.3, -0.25) is 0 Å². The lowest BCUT2D eigenvalue weighted by Gasteiger charge is -2.33. The SMILES string of the molecule is ClCCN1CCC(CCCC2CCN(CCCl)CC2)CC1. The highest BCUT2D eigenvalue weighted by atomic mass is 35.5. The molecule has 2 aliphatic rings. The van der Waals surface area contributed by atoms with Gasteiger partial charge in [0.2, 0.25) is 0 Å². The van der Waals surface area contributed by atoms with E-state index in [1.165, 1.54) is 71.1 Å². The summed E-state index contributed by atoms with van der Waals surface area (Å²) in [5.74, 6) is 3.53. The number of halogens is 2. The van der Waals surface area contributed by atoms with E-state index in [1.54, 1.807) is 0 Å². The van der Waals surface area contributed by atoms with Crippen LogP contribution in [0, 0.1) is 11.8 Å². The number of nitrogens with zero attached hydrogens (tertiary/aromatic N) is 2. The van der Waals surface area contributed by atoms with Crippen molar-refractivity contribution in [2.45, 2.75) is 44.9 Å². The molecule has 2 heterocycles. The zero-order chi connectivity index (χ0) is 14.9. The van der Waals surface area contributed by atoms with Crippen molar-refractivity contribution in [2.75, 3.05) is 51.0 Å². The Kier molecular flexibility index (Phi) is 8.76. The predicted octanol–water partition coefficient (Wildman–Crippen LogP) is 4.06. The van der Waals surface area contributed by atoms with Crippen LogP contribution in [-0.2, 0) is 0 Å². The van der Waals surface area contributed by atoms with Crippen LogP contribution < -0.4 is 0 Å². The maximum atomic E-state index is 5.82. The zero-order valence-electron chi connectivity index (χ0n) is 13.4. The second-order valence-corrected chi connectivity index (χ2v) is 7.63. The minimum Gasteiger partial charge on any atom is -0.302 e. The van der Waals surface area contributed by atoms with Crippen molar-refractivity contribution in [1.29, 1.82) is 0 Å². The number of alkyl halides is 2. The van der Waals surface area contributed by atoms with Crippen LogP contribution in [0.15, 0.2) is 0 Å². The van der Waals surface area contributed by atoms with Crippen molar-refractivity contribution in [3.8, 4) is 0 Å². The van der Waals surface area contributed by atoms with E-state index >= 15 is 0 Å². The highest BCUT2D eigenvalue weighted by molar-refractivity contribution is 6.18. The highest BCUT2D eigenvalue weighted by Crippen LogP contribution is 2.27. The second kappa shape index (κ2) is 10.3. The molecule has 2 nitrogen and oxygen atoms in total. The highest BCUT2D eigenvalue weighted by Gasteiger charge is 2.21. The Hall–Kier alpha value is 0.500. The number of likely N-dealkylation sites (tertiary alicyclic amines) is 2. The molecule has 2 saturated heterocycles. The molecule has 0 saturated carbocycles. The van der Waals surface area contributed by atoms with E-state index in [0.29, 0.717) is 0 Å². The van der Waals surface area contributed by atoms with Gasteiger partial charge in [-0.1, -0.05) is 19.3 Å². The number of hydrogen-bond donors (Lipinski definition) is 0. The molecule has 2 rings (SSSR count). The molecule has 0 aromatic carbocycles. The van der Waals surface area contributed by atoms with Gasteiger partial charge in [-0.05, 0) is 63.7 Å². The monoisotopic (exact) mass is 334 g/mol. The van der Waals surface area contributed by atoms with Gasteiger partial charge in [-0.25, -0.2) is 0 Å². The van der Waals surface area contributed by atoms with Crippen molar-refractivity contribution in [2.24, 2.45) is 11.8 Å². The van der Waals surface area contributed by atoms with Gasteiger partial charge in [0.05, 0.1) is 0 Å². The Morgan fingerprint density at radius 3 is 1.38 bits per heavy atom. The molecule has 4 heteroatoms. The standard InChI is InChI=1S/C17H32Cl2N2/c18-8-14-20-10-4-16(5-11-20)2-1-3-17-6-12-21(13-7-17)15-9-19/h16-17H,1-15H2. The van der Waals surface area contributed by atoms with Gasteiger partial charge < -0.3 is 9.80 Å². The number of rotatable bonds is 8. The third kappa shape index (κ3) is 6.64. The Bertz CT molecular complexity index is 234. The van der Waals surface area contributed by atoms with E-state index in [-0.39, 0.29) is 0 Å². The maximum Gasteiger partial charge on any atom is 0.0351 e. The first-order chi connectivity index (χ1) is 10.3. The molecule has 0 amide bonds. The second-order valence-electron chi connectivity index (χ2n) is 6.88. The number of hydrogen-bond acceptors (Lipinski definition) is 2. The smallest absolute Gasteiger partial charge is 0.0351 e. The molecular formula is C17H32Cl2N2. The van der Waals surface area contributed by atoms with Crippen LogP contribution in [0.4, 0.5) is 0 Å². The summed E-state index contributed by atoms with van der Waals surface area (Å²) in [4.78, 5) is 5.05. The van der Waals surface area contributed by atoms with Crippen LogP contribution >= 0.6 is 23.2 Å². The predicted molar refractivity (Wildman–Crippen MR) is 93.6 cm³/mol. The topological polar surface area (TPSA) is 6.48 Å². The zero-order valence-corrected chi connectivity index (χ0v) is 14.9. The summed E-state index contributed by atoms with van der Waals surface area (Å²) in [6.07, 6.45) is 9.93. The van der Waals surface area contributed by atoms with Crippen molar-refractivity contribution in [3.05, 3.63) is 0 Å². The molecule has 0 N–H and O–H groups in total. The lowest BCUT2D eigenvalue weighted by atomic mass is 9.87. The summed E-state index contributed by atoms with van der Waals surface area (Å²) in [6, 6.07) is 0. The Morgan fingerprint density at radius 2 is 1.05 bits per heavy atom. The lowest BCUT2D eigenvalue weighted by molar-refractivity contribution is 0.170. The van der Waals surface area contributed by atoms with Crippen LogP contribution in [0.25, 0.3) is 0 Å². The van der Waals surface area contributed by atoms with Crippen LogP contribution in [0.2, 0.25) is 0 Å². The fourth-order valence-electron chi connectivity index (χ4n) is 3.93. The molecule has 0 bridgehead atoms. The molecule has 0 radical (unpaired) electrons. The Labute approximate surface area is 141 Å². The van der Waals surface area contributed by atoms with Crippen LogP contribution in [0.1, 0.15) is 44.9 Å². The lowest BCUT2D eigenvalue weighted by Crippen LogP contribution is -2.35. The summed E-state index contributed by atoms with van der Waals surface area (Å²) < 4.78 is 0. The van der Waals surface area contributed by atoms with E-state index in [9.17, 15) is 0 Å². The molecule has 0 aromatic rings. The third-order valence-corrected chi connectivity index (χ3v) is 5.78. The largest absolute Gasteiger partial charge is 0.302 e. The van der Waals surface area contributed by atoms with Crippen molar-refractivity contribution < 1.29 is 0 Å². The summed E-state index contributed by atoms with van der Waals surface area (Å²) in [5.41, 5.74) is 0. The van der Waals surface area contributed by atoms with Gasteiger partial charge in [0, 0.05) is 24.8 Å². The first-order valence-corrected chi connectivity index (χ1v) is 9.95. The Morgan fingerprint density at radius 1 is 0.667 bits per heavy atom. The summed E-state index contributed by atoms with van der Waals surface area (Å²) in [7, 11) is 0. The molecule has 0 aromatic heterocycles. The summed E-state index contributed by atoms with van der Waals surface area (Å²) >= 11 is 11.6. The summed E-state index contributed by atoms with van der Waals surface area (Å²) in [6.45, 7) is 7.25. The summed E-state index contributed by atoms with van der Waals surface area (Å²) in [5, 5.41) is 0. The fraction of sp³-hybridized carbons (Fsp3) is 1.00. The molecule has 2 aliphatic heterocycles. The van der Waals surface area contributed by atoms with Crippen LogP contribution in [0.3, 0.4) is 0 Å². The van der Waals surface area contributed by atoms with Gasteiger partial charge in [0.15, 0.2) is 0 Å². The molecular weight excluding hydrogens is 303 g/mol. The maximum absolute atomic E-state index is 5.82. The first-order valence-electron chi connectivity index (χ1n) is 8.88. The van der Waals surface area contributed by atoms with E-state index in [0.717, 1.165) is 36.7 Å². The molecule has 0 atom stereocenters. The van der Waals surface area contributed by atoms with Crippen molar-refractivity contribution in [3.63, 3.8) is 0 Å². The van der Waals surface area contributed by atoms with E-state index < -0.39 is 0 Å². The van der Waals surface area contributed by atoms with Gasteiger partial charge in [-0.15, -0.1) is 23.2 Å².